The predicted octanol–water partition coefficient (Wildman–Crippen LogP) is 5.30. The van der Waals surface area contributed by atoms with Crippen LogP contribution in [0, 0.1) is 18.6 Å². The van der Waals surface area contributed by atoms with Gasteiger partial charge < -0.3 is 0 Å². The molecule has 122 valence electrons. The number of hydrogen-bond donors (Lipinski definition) is 1. The van der Waals surface area contributed by atoms with Crippen LogP contribution in [0.1, 0.15) is 15.2 Å². The minimum atomic E-state index is -0.792. The Morgan fingerprint density at radius 3 is 2.58 bits per heavy atom. The van der Waals surface area contributed by atoms with E-state index in [-0.39, 0.29) is 5.56 Å². The van der Waals surface area contributed by atoms with Crippen molar-refractivity contribution in [2.45, 2.75) is 6.92 Å². The minimum absolute atomic E-state index is 0.311. The fraction of sp³-hybridized carbons (Fsp3) is 0.0588. The first-order valence-electron chi connectivity index (χ1n) is 6.94. The Kier molecular flexibility index (Phi) is 4.59. The smallest absolute Gasteiger partial charge is 0.260 e. The standard InChI is InChI=1S/C17H11ClF2N2OS/c1-9-15(10-2-4-11(18)5-3-10)21-17(24-9)22-16(23)13-8-12(19)6-7-14(13)20/h2-8H,1H3,(H,21,22,23). The van der Waals surface area contributed by atoms with E-state index in [1.54, 1.807) is 12.1 Å². The lowest BCUT2D eigenvalue weighted by Crippen LogP contribution is -2.13. The van der Waals surface area contributed by atoms with E-state index in [1.165, 1.54) is 11.3 Å². The number of carbonyl (C=O) groups excluding carboxylic acids is 1. The van der Waals surface area contributed by atoms with Crippen LogP contribution in [0.2, 0.25) is 5.02 Å². The van der Waals surface area contributed by atoms with Crippen molar-refractivity contribution >= 4 is 34.0 Å². The highest BCUT2D eigenvalue weighted by Crippen LogP contribution is 2.31. The largest absolute Gasteiger partial charge is 0.298 e. The zero-order valence-corrected chi connectivity index (χ0v) is 14.0. The van der Waals surface area contributed by atoms with Gasteiger partial charge in [0.25, 0.3) is 5.91 Å². The average Bonchev–Trinajstić information content (AvgIpc) is 2.91. The first-order chi connectivity index (χ1) is 11.4. The molecule has 24 heavy (non-hydrogen) atoms. The monoisotopic (exact) mass is 364 g/mol. The van der Waals surface area contributed by atoms with Gasteiger partial charge in [0.05, 0.1) is 11.3 Å². The zero-order valence-electron chi connectivity index (χ0n) is 12.4. The number of halogens is 3. The van der Waals surface area contributed by atoms with Gasteiger partial charge in [0.2, 0.25) is 0 Å². The molecule has 0 aliphatic rings. The maximum Gasteiger partial charge on any atom is 0.260 e. The fourth-order valence-electron chi connectivity index (χ4n) is 2.16. The SMILES string of the molecule is Cc1sc(NC(=O)c2cc(F)ccc2F)nc1-c1ccc(Cl)cc1. The second-order valence-electron chi connectivity index (χ2n) is 5.01. The summed E-state index contributed by atoms with van der Waals surface area (Å²) in [6.45, 7) is 1.86. The molecule has 0 fully saturated rings. The van der Waals surface area contributed by atoms with Crippen molar-refractivity contribution < 1.29 is 13.6 Å². The summed E-state index contributed by atoms with van der Waals surface area (Å²) < 4.78 is 26.9. The van der Waals surface area contributed by atoms with Crippen LogP contribution < -0.4 is 5.32 Å². The Bertz CT molecular complexity index is 909. The molecule has 0 saturated heterocycles. The predicted molar refractivity (Wildman–Crippen MR) is 91.6 cm³/mol. The lowest BCUT2D eigenvalue weighted by Gasteiger charge is -2.03. The number of nitrogens with one attached hydrogen (secondary N) is 1. The number of aryl methyl sites for hydroxylation is 1. The van der Waals surface area contributed by atoms with E-state index in [1.807, 2.05) is 19.1 Å². The molecule has 1 aromatic heterocycles. The molecule has 3 rings (SSSR count). The van der Waals surface area contributed by atoms with Crippen LogP contribution in [0.5, 0.6) is 0 Å². The second kappa shape index (κ2) is 6.67. The second-order valence-corrected chi connectivity index (χ2v) is 6.65. The number of thiazole rings is 1. The Balaban J connectivity index is 1.86. The highest BCUT2D eigenvalue weighted by Gasteiger charge is 2.16. The molecular weight excluding hydrogens is 354 g/mol. The highest BCUT2D eigenvalue weighted by atomic mass is 35.5. The first kappa shape index (κ1) is 16.5. The van der Waals surface area contributed by atoms with Gasteiger partial charge in [-0.1, -0.05) is 23.7 Å². The summed E-state index contributed by atoms with van der Waals surface area (Å²) in [6.07, 6.45) is 0. The summed E-state index contributed by atoms with van der Waals surface area (Å²) in [4.78, 5) is 17.4. The van der Waals surface area contributed by atoms with Crippen LogP contribution in [0.15, 0.2) is 42.5 Å². The number of aromatic nitrogens is 1. The number of amides is 1. The van der Waals surface area contributed by atoms with E-state index in [2.05, 4.69) is 10.3 Å². The van der Waals surface area contributed by atoms with Crippen LogP contribution in [-0.2, 0) is 0 Å². The Morgan fingerprint density at radius 1 is 1.17 bits per heavy atom. The van der Waals surface area contributed by atoms with Gasteiger partial charge in [0.1, 0.15) is 11.6 Å². The fourth-order valence-corrected chi connectivity index (χ4v) is 3.12. The van der Waals surface area contributed by atoms with E-state index in [0.717, 1.165) is 28.6 Å². The summed E-state index contributed by atoms with van der Waals surface area (Å²) in [5.41, 5.74) is 1.19. The Hall–Kier alpha value is -2.31. The number of benzene rings is 2. The molecule has 2 aromatic carbocycles. The number of hydrogen-bond acceptors (Lipinski definition) is 3. The van der Waals surface area contributed by atoms with Crippen molar-refractivity contribution in [2.24, 2.45) is 0 Å². The number of anilines is 1. The summed E-state index contributed by atoms with van der Waals surface area (Å²) in [5.74, 6) is -2.22. The third-order valence-electron chi connectivity index (χ3n) is 3.31. The third kappa shape index (κ3) is 3.44. The zero-order chi connectivity index (χ0) is 17.3. The van der Waals surface area contributed by atoms with E-state index in [0.29, 0.717) is 15.8 Å². The quantitative estimate of drug-likeness (QED) is 0.685. The van der Waals surface area contributed by atoms with Crippen LogP contribution in [0.4, 0.5) is 13.9 Å². The number of carbonyl (C=O) groups is 1. The van der Waals surface area contributed by atoms with Gasteiger partial charge in [-0.05, 0) is 37.3 Å². The molecule has 0 aliphatic heterocycles. The van der Waals surface area contributed by atoms with Gasteiger partial charge >= 0.3 is 0 Å². The van der Waals surface area contributed by atoms with Gasteiger partial charge in [-0.25, -0.2) is 13.8 Å². The van der Waals surface area contributed by atoms with Gasteiger partial charge in [0, 0.05) is 15.5 Å². The lowest BCUT2D eigenvalue weighted by atomic mass is 10.1. The van der Waals surface area contributed by atoms with Gasteiger partial charge in [-0.2, -0.15) is 0 Å². The molecule has 0 radical (unpaired) electrons. The first-order valence-corrected chi connectivity index (χ1v) is 8.13. The summed E-state index contributed by atoms with van der Waals surface area (Å²) in [7, 11) is 0. The topological polar surface area (TPSA) is 42.0 Å². The van der Waals surface area contributed by atoms with Crippen LogP contribution in [0.25, 0.3) is 11.3 Å². The molecule has 1 heterocycles. The molecule has 7 heteroatoms. The van der Waals surface area contributed by atoms with Gasteiger partial charge in [-0.3, -0.25) is 10.1 Å². The summed E-state index contributed by atoms with van der Waals surface area (Å²) >= 11 is 7.12. The van der Waals surface area contributed by atoms with Crippen LogP contribution >= 0.6 is 22.9 Å². The maximum absolute atomic E-state index is 13.7. The van der Waals surface area contributed by atoms with Crippen molar-refractivity contribution in [3.8, 4) is 11.3 Å². The van der Waals surface area contributed by atoms with E-state index >= 15 is 0 Å². The van der Waals surface area contributed by atoms with E-state index in [4.69, 9.17) is 11.6 Å². The third-order valence-corrected chi connectivity index (χ3v) is 4.45. The normalized spacial score (nSPS) is 10.7. The molecule has 0 bridgehead atoms. The van der Waals surface area contributed by atoms with Crippen molar-refractivity contribution in [3.05, 3.63) is 69.6 Å². The van der Waals surface area contributed by atoms with Crippen molar-refractivity contribution in [2.75, 3.05) is 5.32 Å². The van der Waals surface area contributed by atoms with Crippen LogP contribution in [0.3, 0.4) is 0 Å². The molecule has 0 atom stereocenters. The Morgan fingerprint density at radius 2 is 1.88 bits per heavy atom. The highest BCUT2D eigenvalue weighted by molar-refractivity contribution is 7.16. The molecule has 0 spiro atoms. The molecule has 1 N–H and O–H groups in total. The molecular formula is C17H11ClF2N2OS. The molecule has 0 aliphatic carbocycles. The van der Waals surface area contributed by atoms with Crippen molar-refractivity contribution in [1.29, 1.82) is 0 Å². The molecule has 0 unspecified atom stereocenters. The van der Waals surface area contributed by atoms with Crippen molar-refractivity contribution in [3.63, 3.8) is 0 Å². The van der Waals surface area contributed by atoms with Gasteiger partial charge in [-0.15, -0.1) is 11.3 Å². The number of nitrogens with zero attached hydrogens (tertiary/aromatic N) is 1. The molecule has 1 amide bonds. The molecule has 3 aromatic rings. The minimum Gasteiger partial charge on any atom is -0.298 e. The van der Waals surface area contributed by atoms with Gasteiger partial charge in [0.15, 0.2) is 5.13 Å². The molecule has 3 nitrogen and oxygen atoms in total. The lowest BCUT2D eigenvalue weighted by molar-refractivity contribution is 0.102. The van der Waals surface area contributed by atoms with E-state index < -0.39 is 17.5 Å². The molecule has 0 saturated carbocycles. The summed E-state index contributed by atoms with van der Waals surface area (Å²) in [5, 5.41) is 3.43. The van der Waals surface area contributed by atoms with Crippen molar-refractivity contribution in [1.82, 2.24) is 4.98 Å². The average molecular weight is 365 g/mol. The van der Waals surface area contributed by atoms with Crippen LogP contribution in [-0.4, -0.2) is 10.9 Å². The van der Waals surface area contributed by atoms with E-state index in [9.17, 15) is 13.6 Å². The number of rotatable bonds is 3. The Labute approximate surface area is 145 Å². The summed E-state index contributed by atoms with van der Waals surface area (Å²) in [6, 6.07) is 9.86. The maximum atomic E-state index is 13.7.